The minimum atomic E-state index is -0.436. The zero-order valence-corrected chi connectivity index (χ0v) is 15.4. The SMILES string of the molecule is COc1ccc(CN(C)C(=O)C2CNNC2c2ccc(Cl)cc2)cc1F. The average molecular weight is 378 g/mol. The molecule has 0 radical (unpaired) electrons. The smallest absolute Gasteiger partial charge is 0.229 e. The van der Waals surface area contributed by atoms with E-state index in [0.717, 1.165) is 5.56 Å². The zero-order valence-electron chi connectivity index (χ0n) is 14.6. The number of carbonyl (C=O) groups is 1. The molecule has 0 aliphatic carbocycles. The van der Waals surface area contributed by atoms with Crippen molar-refractivity contribution in [2.24, 2.45) is 5.92 Å². The minimum absolute atomic E-state index is 0.0151. The van der Waals surface area contributed by atoms with E-state index in [0.29, 0.717) is 23.7 Å². The van der Waals surface area contributed by atoms with Crippen LogP contribution in [-0.4, -0.2) is 31.5 Å². The predicted octanol–water partition coefficient (Wildman–Crippen LogP) is 2.91. The molecule has 2 aromatic rings. The number of benzene rings is 2. The number of carbonyl (C=O) groups excluding carboxylic acids is 1. The molecule has 1 aliphatic heterocycles. The number of amides is 1. The van der Waals surface area contributed by atoms with E-state index in [1.54, 1.807) is 24.1 Å². The highest BCUT2D eigenvalue weighted by molar-refractivity contribution is 6.30. The highest BCUT2D eigenvalue weighted by atomic mass is 35.5. The van der Waals surface area contributed by atoms with Crippen LogP contribution in [0.5, 0.6) is 5.75 Å². The monoisotopic (exact) mass is 377 g/mol. The van der Waals surface area contributed by atoms with E-state index in [9.17, 15) is 9.18 Å². The third-order valence-electron chi connectivity index (χ3n) is 4.54. The van der Waals surface area contributed by atoms with Gasteiger partial charge in [-0.1, -0.05) is 29.8 Å². The van der Waals surface area contributed by atoms with Crippen LogP contribution < -0.4 is 15.6 Å². The Hall–Kier alpha value is -2.15. The number of methoxy groups -OCH3 is 1. The molecular formula is C19H21ClFN3O2. The Bertz CT molecular complexity index is 785. The van der Waals surface area contributed by atoms with Gasteiger partial charge in [0.05, 0.1) is 19.1 Å². The second-order valence-corrected chi connectivity index (χ2v) is 6.76. The Labute approximate surface area is 157 Å². The predicted molar refractivity (Wildman–Crippen MR) is 98.2 cm³/mol. The molecule has 0 spiro atoms. The summed E-state index contributed by atoms with van der Waals surface area (Å²) >= 11 is 5.94. The van der Waals surface area contributed by atoms with E-state index in [1.165, 1.54) is 13.2 Å². The number of nitrogens with one attached hydrogen (secondary N) is 2. The fraction of sp³-hybridized carbons (Fsp3) is 0.316. The third kappa shape index (κ3) is 3.98. The van der Waals surface area contributed by atoms with E-state index in [1.807, 2.05) is 24.3 Å². The zero-order chi connectivity index (χ0) is 18.7. The van der Waals surface area contributed by atoms with Crippen LogP contribution in [0.2, 0.25) is 5.02 Å². The number of ether oxygens (including phenoxy) is 1. The van der Waals surface area contributed by atoms with Gasteiger partial charge in [0.15, 0.2) is 11.6 Å². The molecule has 0 saturated carbocycles. The van der Waals surface area contributed by atoms with Gasteiger partial charge in [-0.2, -0.15) is 0 Å². The lowest BCUT2D eigenvalue weighted by Gasteiger charge is -2.24. The Morgan fingerprint density at radius 3 is 2.69 bits per heavy atom. The van der Waals surface area contributed by atoms with E-state index in [4.69, 9.17) is 16.3 Å². The maximum atomic E-state index is 13.9. The van der Waals surface area contributed by atoms with Crippen LogP contribution in [0.15, 0.2) is 42.5 Å². The van der Waals surface area contributed by atoms with Gasteiger partial charge in [-0.15, -0.1) is 0 Å². The number of hydrogen-bond donors (Lipinski definition) is 2. The lowest BCUT2D eigenvalue weighted by atomic mass is 9.93. The van der Waals surface area contributed by atoms with Crippen LogP contribution in [0.25, 0.3) is 0 Å². The van der Waals surface area contributed by atoms with Crippen LogP contribution in [0.3, 0.4) is 0 Å². The summed E-state index contributed by atoms with van der Waals surface area (Å²) in [5.41, 5.74) is 7.90. The second-order valence-electron chi connectivity index (χ2n) is 6.32. The molecule has 26 heavy (non-hydrogen) atoms. The summed E-state index contributed by atoms with van der Waals surface area (Å²) in [5.74, 6) is -0.522. The molecule has 0 aromatic heterocycles. The first-order valence-corrected chi connectivity index (χ1v) is 8.68. The van der Waals surface area contributed by atoms with Crippen molar-refractivity contribution >= 4 is 17.5 Å². The molecule has 2 unspecified atom stereocenters. The van der Waals surface area contributed by atoms with Crippen molar-refractivity contribution in [3.8, 4) is 5.75 Å². The molecule has 0 bridgehead atoms. The van der Waals surface area contributed by atoms with Crippen LogP contribution in [0.4, 0.5) is 4.39 Å². The molecule has 1 amide bonds. The van der Waals surface area contributed by atoms with Crippen LogP contribution in [0.1, 0.15) is 17.2 Å². The summed E-state index contributed by atoms with van der Waals surface area (Å²) in [6.45, 7) is 0.844. The van der Waals surface area contributed by atoms with Crippen molar-refractivity contribution in [1.29, 1.82) is 0 Å². The quantitative estimate of drug-likeness (QED) is 0.841. The maximum Gasteiger partial charge on any atom is 0.229 e. The fourth-order valence-electron chi connectivity index (χ4n) is 3.16. The normalized spacial score (nSPS) is 19.4. The van der Waals surface area contributed by atoms with Gasteiger partial charge in [-0.3, -0.25) is 10.2 Å². The lowest BCUT2D eigenvalue weighted by molar-refractivity contribution is -0.134. The summed E-state index contributed by atoms with van der Waals surface area (Å²) in [7, 11) is 3.15. The minimum Gasteiger partial charge on any atom is -0.494 e. The van der Waals surface area contributed by atoms with Gasteiger partial charge in [0.25, 0.3) is 0 Å². The van der Waals surface area contributed by atoms with Crippen molar-refractivity contribution in [1.82, 2.24) is 15.8 Å². The number of halogens is 2. The van der Waals surface area contributed by atoms with Gasteiger partial charge < -0.3 is 9.64 Å². The first kappa shape index (κ1) is 18.6. The van der Waals surface area contributed by atoms with Crippen LogP contribution >= 0.6 is 11.6 Å². The third-order valence-corrected chi connectivity index (χ3v) is 4.79. The Kier molecular flexibility index (Phi) is 5.76. The number of rotatable bonds is 5. The topological polar surface area (TPSA) is 53.6 Å². The van der Waals surface area contributed by atoms with Crippen LogP contribution in [0, 0.1) is 11.7 Å². The van der Waals surface area contributed by atoms with E-state index in [2.05, 4.69) is 10.9 Å². The Morgan fingerprint density at radius 1 is 1.31 bits per heavy atom. The number of nitrogens with zero attached hydrogens (tertiary/aromatic N) is 1. The van der Waals surface area contributed by atoms with Crippen molar-refractivity contribution in [3.05, 3.63) is 64.4 Å². The lowest BCUT2D eigenvalue weighted by Crippen LogP contribution is -2.36. The van der Waals surface area contributed by atoms with Gasteiger partial charge in [-0.05, 0) is 35.4 Å². The summed E-state index contributed by atoms with van der Waals surface area (Å²) in [6, 6.07) is 12.0. The van der Waals surface area contributed by atoms with Gasteiger partial charge in [-0.25, -0.2) is 9.82 Å². The molecule has 5 nitrogen and oxygen atoms in total. The average Bonchev–Trinajstić information content (AvgIpc) is 3.11. The number of hydrogen-bond acceptors (Lipinski definition) is 4. The molecule has 1 saturated heterocycles. The van der Waals surface area contributed by atoms with E-state index in [-0.39, 0.29) is 23.6 Å². The highest BCUT2D eigenvalue weighted by Crippen LogP contribution is 2.28. The van der Waals surface area contributed by atoms with Crippen molar-refractivity contribution in [2.75, 3.05) is 20.7 Å². The molecule has 2 aromatic carbocycles. The van der Waals surface area contributed by atoms with E-state index >= 15 is 0 Å². The molecule has 1 heterocycles. The largest absolute Gasteiger partial charge is 0.494 e. The molecule has 2 N–H and O–H groups in total. The highest BCUT2D eigenvalue weighted by Gasteiger charge is 2.35. The molecule has 7 heteroatoms. The van der Waals surface area contributed by atoms with Crippen molar-refractivity contribution < 1.29 is 13.9 Å². The standard InChI is InChI=1S/C19H21ClFN3O2/c1-24(11-12-3-8-17(26-2)16(21)9-12)19(25)15-10-22-23-18(15)13-4-6-14(20)7-5-13/h3-9,15,18,22-23H,10-11H2,1-2H3. The first-order chi connectivity index (χ1) is 12.5. The molecular weight excluding hydrogens is 357 g/mol. The second kappa shape index (κ2) is 8.03. The molecule has 3 rings (SSSR count). The van der Waals surface area contributed by atoms with Gasteiger partial charge in [0, 0.05) is 25.2 Å². The summed E-state index contributed by atoms with van der Waals surface area (Å²) in [4.78, 5) is 14.5. The Morgan fingerprint density at radius 2 is 2.04 bits per heavy atom. The number of hydrazine groups is 1. The Balaban J connectivity index is 1.71. The summed E-state index contributed by atoms with van der Waals surface area (Å²) < 4.78 is 18.8. The maximum absolute atomic E-state index is 13.9. The van der Waals surface area contributed by atoms with Crippen molar-refractivity contribution in [2.45, 2.75) is 12.6 Å². The van der Waals surface area contributed by atoms with Gasteiger partial charge in [0.1, 0.15) is 0 Å². The summed E-state index contributed by atoms with van der Waals surface area (Å²) in [5, 5.41) is 0.654. The molecule has 1 aliphatic rings. The van der Waals surface area contributed by atoms with Gasteiger partial charge >= 0.3 is 0 Å². The van der Waals surface area contributed by atoms with E-state index < -0.39 is 5.82 Å². The van der Waals surface area contributed by atoms with Crippen LogP contribution in [-0.2, 0) is 11.3 Å². The van der Waals surface area contributed by atoms with Gasteiger partial charge in [0.2, 0.25) is 5.91 Å². The molecule has 2 atom stereocenters. The fourth-order valence-corrected chi connectivity index (χ4v) is 3.28. The summed E-state index contributed by atoms with van der Waals surface area (Å²) in [6.07, 6.45) is 0. The molecule has 138 valence electrons. The molecule has 1 fully saturated rings. The first-order valence-electron chi connectivity index (χ1n) is 8.31. The van der Waals surface area contributed by atoms with Crippen molar-refractivity contribution in [3.63, 3.8) is 0 Å².